The van der Waals surface area contributed by atoms with E-state index >= 15 is 0 Å². The third-order valence-electron chi connectivity index (χ3n) is 4.53. The number of thiophene rings is 1. The van der Waals surface area contributed by atoms with Gasteiger partial charge in [0.05, 0.1) is 16.1 Å². The lowest BCUT2D eigenvalue weighted by Gasteiger charge is -2.10. The van der Waals surface area contributed by atoms with Crippen molar-refractivity contribution in [1.82, 2.24) is 9.55 Å². The molecule has 0 unspecified atom stereocenters. The molecule has 152 valence electrons. The Balaban J connectivity index is 1.83. The van der Waals surface area contributed by atoms with Crippen LogP contribution in [0, 0.1) is 30.9 Å². The maximum atomic E-state index is 12.8. The van der Waals surface area contributed by atoms with Crippen molar-refractivity contribution >= 4 is 50.6 Å². The first-order valence-electron chi connectivity index (χ1n) is 8.91. The highest BCUT2D eigenvalue weighted by Crippen LogP contribution is 2.29. The molecule has 0 radical (unpaired) electrons. The van der Waals surface area contributed by atoms with Crippen LogP contribution in [-0.4, -0.2) is 26.1 Å². The number of nitro groups is 1. The molecule has 1 amide bonds. The predicted octanol–water partition coefficient (Wildman–Crippen LogP) is 4.04. The van der Waals surface area contributed by atoms with E-state index < -0.39 is 10.8 Å². The van der Waals surface area contributed by atoms with Gasteiger partial charge in [-0.3, -0.25) is 24.3 Å². The summed E-state index contributed by atoms with van der Waals surface area (Å²) in [7, 11) is 0. The second-order valence-corrected chi connectivity index (χ2v) is 8.67. The Hall–Kier alpha value is -2.72. The number of aromatic nitrogens is 2. The minimum Gasteiger partial charge on any atom is -0.320 e. The van der Waals surface area contributed by atoms with Crippen LogP contribution in [0.1, 0.15) is 22.9 Å². The first-order chi connectivity index (χ1) is 13.7. The van der Waals surface area contributed by atoms with Gasteiger partial charge in [-0.15, -0.1) is 11.3 Å². The lowest BCUT2D eigenvalue weighted by Crippen LogP contribution is -2.23. The number of aryl methyl sites for hydroxylation is 3. The molecule has 0 saturated heterocycles. The maximum absolute atomic E-state index is 12.8. The van der Waals surface area contributed by atoms with Crippen LogP contribution in [0.5, 0.6) is 0 Å². The molecule has 2 heterocycles. The van der Waals surface area contributed by atoms with Gasteiger partial charge in [0.15, 0.2) is 5.16 Å². The molecule has 0 spiro atoms. The van der Waals surface area contributed by atoms with Gasteiger partial charge in [0, 0.05) is 17.5 Å². The molecular weight excluding hydrogens is 412 g/mol. The Morgan fingerprint density at radius 2 is 2.07 bits per heavy atom. The smallest absolute Gasteiger partial charge is 0.293 e. The zero-order valence-electron chi connectivity index (χ0n) is 16.4. The number of nitrogens with one attached hydrogen (secondary N) is 1. The number of nitro benzene ring substituents is 1. The second-order valence-electron chi connectivity index (χ2n) is 6.52. The van der Waals surface area contributed by atoms with E-state index in [2.05, 4.69) is 10.3 Å². The van der Waals surface area contributed by atoms with Crippen molar-refractivity contribution in [3.63, 3.8) is 0 Å². The van der Waals surface area contributed by atoms with Crippen LogP contribution < -0.4 is 10.9 Å². The number of carbonyl (C=O) groups is 1. The summed E-state index contributed by atoms with van der Waals surface area (Å²) in [6, 6.07) is 4.62. The first-order valence-corrected chi connectivity index (χ1v) is 10.7. The molecule has 0 aliphatic carbocycles. The summed E-state index contributed by atoms with van der Waals surface area (Å²) in [5.41, 5.74) is 1.54. The highest BCUT2D eigenvalue weighted by Gasteiger charge is 2.19. The SMILES string of the molecule is CCn1c(SCC(=O)Nc2ccc(C)cc2[N+](=O)[O-])nc2sc(C)c(C)c2c1=O. The van der Waals surface area contributed by atoms with Gasteiger partial charge in [0.25, 0.3) is 11.2 Å². The number of thioether (sulfide) groups is 1. The molecule has 3 rings (SSSR count). The van der Waals surface area contributed by atoms with Crippen molar-refractivity contribution < 1.29 is 9.72 Å². The Kier molecular flexibility index (Phi) is 6.04. The summed E-state index contributed by atoms with van der Waals surface area (Å²) in [4.78, 5) is 42.2. The molecule has 2 aromatic heterocycles. The number of nitrogens with zero attached hydrogens (tertiary/aromatic N) is 3. The van der Waals surface area contributed by atoms with Crippen molar-refractivity contribution in [2.45, 2.75) is 39.4 Å². The zero-order valence-corrected chi connectivity index (χ0v) is 18.1. The topological polar surface area (TPSA) is 107 Å². The van der Waals surface area contributed by atoms with Crippen molar-refractivity contribution in [3.05, 3.63) is 54.7 Å². The molecule has 3 aromatic rings. The Morgan fingerprint density at radius 3 is 2.72 bits per heavy atom. The van der Waals surface area contributed by atoms with E-state index in [1.54, 1.807) is 17.6 Å². The highest BCUT2D eigenvalue weighted by molar-refractivity contribution is 7.99. The third kappa shape index (κ3) is 4.18. The van der Waals surface area contributed by atoms with Crippen LogP contribution in [0.4, 0.5) is 11.4 Å². The summed E-state index contributed by atoms with van der Waals surface area (Å²) in [6.45, 7) is 7.89. The van der Waals surface area contributed by atoms with E-state index in [1.807, 2.05) is 20.8 Å². The largest absolute Gasteiger partial charge is 0.320 e. The molecule has 0 atom stereocenters. The molecule has 29 heavy (non-hydrogen) atoms. The summed E-state index contributed by atoms with van der Waals surface area (Å²) in [5, 5.41) is 14.9. The van der Waals surface area contributed by atoms with Gasteiger partial charge in [0.2, 0.25) is 5.91 Å². The number of anilines is 1. The van der Waals surface area contributed by atoms with Crippen molar-refractivity contribution in [3.8, 4) is 0 Å². The summed E-state index contributed by atoms with van der Waals surface area (Å²) in [5.74, 6) is -0.427. The van der Waals surface area contributed by atoms with Gasteiger partial charge in [-0.1, -0.05) is 17.8 Å². The fraction of sp³-hybridized carbons (Fsp3) is 0.316. The third-order valence-corrected chi connectivity index (χ3v) is 6.60. The van der Waals surface area contributed by atoms with E-state index in [0.29, 0.717) is 21.9 Å². The number of hydrogen-bond donors (Lipinski definition) is 1. The average Bonchev–Trinajstić information content (AvgIpc) is 2.95. The number of benzene rings is 1. The zero-order chi connectivity index (χ0) is 21.3. The molecule has 0 saturated carbocycles. The molecular formula is C19H20N4O4S2. The van der Waals surface area contributed by atoms with Gasteiger partial charge < -0.3 is 5.32 Å². The maximum Gasteiger partial charge on any atom is 0.293 e. The number of fused-ring (bicyclic) bond motifs is 1. The van der Waals surface area contributed by atoms with E-state index in [0.717, 1.165) is 27.8 Å². The van der Waals surface area contributed by atoms with Gasteiger partial charge in [-0.25, -0.2) is 4.98 Å². The van der Waals surface area contributed by atoms with Gasteiger partial charge in [-0.05, 0) is 44.9 Å². The fourth-order valence-corrected chi connectivity index (χ4v) is 4.85. The van der Waals surface area contributed by atoms with Crippen molar-refractivity contribution in [1.29, 1.82) is 0 Å². The van der Waals surface area contributed by atoms with Crippen molar-refractivity contribution in [2.75, 3.05) is 11.1 Å². The normalized spacial score (nSPS) is 11.0. The van der Waals surface area contributed by atoms with E-state index in [4.69, 9.17) is 0 Å². The number of hydrogen-bond acceptors (Lipinski definition) is 7. The quantitative estimate of drug-likeness (QED) is 0.273. The number of rotatable bonds is 6. The van der Waals surface area contributed by atoms with Gasteiger partial charge in [-0.2, -0.15) is 0 Å². The minimum absolute atomic E-state index is 0.0215. The lowest BCUT2D eigenvalue weighted by molar-refractivity contribution is -0.384. The number of amides is 1. The predicted molar refractivity (Wildman–Crippen MR) is 116 cm³/mol. The Labute approximate surface area is 175 Å². The molecule has 1 aromatic carbocycles. The van der Waals surface area contributed by atoms with Crippen LogP contribution >= 0.6 is 23.1 Å². The summed E-state index contributed by atoms with van der Waals surface area (Å²) >= 11 is 2.59. The summed E-state index contributed by atoms with van der Waals surface area (Å²) in [6.07, 6.45) is 0. The molecule has 1 N–H and O–H groups in total. The van der Waals surface area contributed by atoms with Gasteiger partial charge in [0.1, 0.15) is 10.5 Å². The van der Waals surface area contributed by atoms with E-state index in [-0.39, 0.29) is 22.7 Å². The molecule has 8 nitrogen and oxygen atoms in total. The molecule has 0 bridgehead atoms. The number of carbonyl (C=O) groups excluding carboxylic acids is 1. The Morgan fingerprint density at radius 1 is 1.34 bits per heavy atom. The van der Waals surface area contributed by atoms with E-state index in [9.17, 15) is 19.7 Å². The second kappa shape index (κ2) is 8.34. The highest BCUT2D eigenvalue weighted by atomic mass is 32.2. The lowest BCUT2D eigenvalue weighted by atomic mass is 10.2. The van der Waals surface area contributed by atoms with Gasteiger partial charge >= 0.3 is 0 Å². The standard InChI is InChI=1S/C19H20N4O4S2/c1-5-22-18(25)16-11(3)12(4)29-17(16)21-19(22)28-9-15(24)20-13-7-6-10(2)8-14(13)23(26)27/h6-8H,5,9H2,1-4H3,(H,20,24). The van der Waals surface area contributed by atoms with Crippen LogP contribution in [0.2, 0.25) is 0 Å². The van der Waals surface area contributed by atoms with Crippen LogP contribution in [-0.2, 0) is 11.3 Å². The molecule has 0 fully saturated rings. The van der Waals surface area contributed by atoms with Crippen LogP contribution in [0.3, 0.4) is 0 Å². The summed E-state index contributed by atoms with van der Waals surface area (Å²) < 4.78 is 1.55. The molecule has 0 aliphatic heterocycles. The molecule has 0 aliphatic rings. The van der Waals surface area contributed by atoms with Crippen LogP contribution in [0.25, 0.3) is 10.2 Å². The Bertz CT molecular complexity index is 1180. The average molecular weight is 433 g/mol. The monoisotopic (exact) mass is 432 g/mol. The molecule has 10 heteroatoms. The van der Waals surface area contributed by atoms with E-state index in [1.165, 1.54) is 23.5 Å². The fourth-order valence-electron chi connectivity index (χ4n) is 2.91. The first kappa shape index (κ1) is 21.0. The van der Waals surface area contributed by atoms with Crippen LogP contribution in [0.15, 0.2) is 28.2 Å². The minimum atomic E-state index is -0.526. The van der Waals surface area contributed by atoms with Crippen molar-refractivity contribution in [2.24, 2.45) is 0 Å².